The first-order chi connectivity index (χ1) is 14.5. The quantitative estimate of drug-likeness (QED) is 0.405. The van der Waals surface area contributed by atoms with Gasteiger partial charge in [0.05, 0.1) is 27.9 Å². The van der Waals surface area contributed by atoms with Crippen LogP contribution in [0.1, 0.15) is 32.6 Å². The van der Waals surface area contributed by atoms with E-state index < -0.39 is 11.7 Å². The maximum Gasteiger partial charge on any atom is 0.274 e. The van der Waals surface area contributed by atoms with E-state index in [9.17, 15) is 9.18 Å². The number of carbonyl (C=O) groups is 1. The second kappa shape index (κ2) is 9.81. The highest BCUT2D eigenvalue weighted by atomic mass is 79.9. The summed E-state index contributed by atoms with van der Waals surface area (Å²) in [5.41, 5.74) is 5.20. The highest BCUT2D eigenvalue weighted by Gasteiger charge is 2.11. The lowest BCUT2D eigenvalue weighted by Crippen LogP contribution is -2.19. The molecule has 1 amide bonds. The molecule has 0 aliphatic carbocycles. The fourth-order valence-electron chi connectivity index (χ4n) is 2.55. The van der Waals surface area contributed by atoms with Crippen LogP contribution in [-0.4, -0.2) is 12.1 Å². The van der Waals surface area contributed by atoms with Crippen LogP contribution in [0.2, 0.25) is 0 Å². The van der Waals surface area contributed by atoms with Crippen molar-refractivity contribution in [2.45, 2.75) is 13.5 Å². The lowest BCUT2D eigenvalue weighted by atomic mass is 10.1. The molecular weight excluding hydrogens is 449 g/mol. The molecule has 0 atom stereocenters. The molecule has 0 aliphatic heterocycles. The number of amides is 1. The number of hydrogen-bond acceptors (Lipinski definition) is 4. The Kier molecular flexibility index (Phi) is 6.94. The topological polar surface area (TPSA) is 74.5 Å². The summed E-state index contributed by atoms with van der Waals surface area (Å²) in [6.07, 6.45) is 1.44. The summed E-state index contributed by atoms with van der Waals surface area (Å²) in [5, 5.41) is 12.6. The predicted molar refractivity (Wildman–Crippen MR) is 116 cm³/mol. The van der Waals surface area contributed by atoms with Crippen molar-refractivity contribution < 1.29 is 13.9 Å². The van der Waals surface area contributed by atoms with Gasteiger partial charge in [-0.15, -0.1) is 0 Å². The molecule has 3 aromatic carbocycles. The Balaban J connectivity index is 1.59. The van der Waals surface area contributed by atoms with E-state index in [4.69, 9.17) is 10.00 Å². The Morgan fingerprint density at radius 3 is 2.63 bits per heavy atom. The molecule has 0 spiro atoms. The maximum atomic E-state index is 13.9. The van der Waals surface area contributed by atoms with Gasteiger partial charge in [0.1, 0.15) is 18.2 Å². The minimum atomic E-state index is -0.778. The Morgan fingerprint density at radius 1 is 1.20 bits per heavy atom. The monoisotopic (exact) mass is 465 g/mol. The molecule has 150 valence electrons. The smallest absolute Gasteiger partial charge is 0.274 e. The van der Waals surface area contributed by atoms with Crippen LogP contribution >= 0.6 is 15.9 Å². The first-order valence-corrected chi connectivity index (χ1v) is 9.76. The van der Waals surface area contributed by atoms with E-state index in [2.05, 4.69) is 26.5 Å². The number of ether oxygens (including phenoxy) is 1. The molecule has 0 fully saturated rings. The molecule has 5 nitrogen and oxygen atoms in total. The van der Waals surface area contributed by atoms with Crippen LogP contribution in [0.3, 0.4) is 0 Å². The van der Waals surface area contributed by atoms with Crippen LogP contribution in [0.25, 0.3) is 0 Å². The number of rotatable bonds is 6. The molecule has 0 bridgehead atoms. The number of nitriles is 1. The number of benzene rings is 3. The predicted octanol–water partition coefficient (Wildman–Crippen LogP) is 5.11. The van der Waals surface area contributed by atoms with E-state index in [0.717, 1.165) is 16.1 Å². The van der Waals surface area contributed by atoms with E-state index >= 15 is 0 Å². The Morgan fingerprint density at radius 2 is 1.97 bits per heavy atom. The van der Waals surface area contributed by atoms with Crippen LogP contribution in [-0.2, 0) is 6.61 Å². The van der Waals surface area contributed by atoms with Gasteiger partial charge in [-0.2, -0.15) is 10.4 Å². The molecule has 0 saturated carbocycles. The largest absolute Gasteiger partial charge is 0.488 e. The molecule has 0 unspecified atom stereocenters. The van der Waals surface area contributed by atoms with Crippen molar-refractivity contribution in [1.82, 2.24) is 5.43 Å². The summed E-state index contributed by atoms with van der Waals surface area (Å²) < 4.78 is 20.4. The van der Waals surface area contributed by atoms with Crippen molar-refractivity contribution in [1.29, 1.82) is 5.26 Å². The summed E-state index contributed by atoms with van der Waals surface area (Å²) in [6, 6.07) is 18.9. The van der Waals surface area contributed by atoms with E-state index in [1.54, 1.807) is 18.2 Å². The standard InChI is InChI=1S/C23H17BrFN3O2/c1-15-2-4-16(5-3-15)14-30-22-9-7-18(10-20(22)24)13-27-28-23(29)19-8-6-17(12-26)11-21(19)25/h2-11,13H,14H2,1H3,(H,28,29)/b27-13-. The average molecular weight is 466 g/mol. The molecule has 0 aromatic heterocycles. The highest BCUT2D eigenvalue weighted by molar-refractivity contribution is 9.10. The first-order valence-electron chi connectivity index (χ1n) is 8.97. The molecule has 30 heavy (non-hydrogen) atoms. The van der Waals surface area contributed by atoms with Crippen molar-refractivity contribution in [3.63, 3.8) is 0 Å². The number of nitrogens with zero attached hydrogens (tertiary/aromatic N) is 2. The Labute approximate surface area is 181 Å². The van der Waals surface area contributed by atoms with E-state index in [1.165, 1.54) is 23.9 Å². The third kappa shape index (κ3) is 5.52. The summed E-state index contributed by atoms with van der Waals surface area (Å²) in [4.78, 5) is 12.0. The van der Waals surface area contributed by atoms with Crippen LogP contribution in [0, 0.1) is 24.1 Å². The zero-order chi connectivity index (χ0) is 21.5. The summed E-state index contributed by atoms with van der Waals surface area (Å²) >= 11 is 3.46. The van der Waals surface area contributed by atoms with Gasteiger partial charge in [-0.1, -0.05) is 29.8 Å². The van der Waals surface area contributed by atoms with Crippen molar-refractivity contribution in [3.05, 3.63) is 98.8 Å². The minimum absolute atomic E-state index is 0.141. The lowest BCUT2D eigenvalue weighted by molar-refractivity contribution is 0.0951. The number of carbonyl (C=O) groups excluding carboxylic acids is 1. The van der Waals surface area contributed by atoms with Gasteiger partial charge in [0, 0.05) is 0 Å². The second-order valence-electron chi connectivity index (χ2n) is 6.47. The van der Waals surface area contributed by atoms with Gasteiger partial charge in [0.15, 0.2) is 0 Å². The maximum absolute atomic E-state index is 13.9. The lowest BCUT2D eigenvalue weighted by Gasteiger charge is -2.09. The number of hydrazone groups is 1. The van der Waals surface area contributed by atoms with Crippen LogP contribution in [0.4, 0.5) is 4.39 Å². The minimum Gasteiger partial charge on any atom is -0.488 e. The fourth-order valence-corrected chi connectivity index (χ4v) is 3.07. The van der Waals surface area contributed by atoms with E-state index in [0.29, 0.717) is 17.9 Å². The molecule has 0 aliphatic rings. The summed E-state index contributed by atoms with van der Waals surface area (Å²) in [5.74, 6) is -0.804. The van der Waals surface area contributed by atoms with Gasteiger partial charge in [0.2, 0.25) is 0 Å². The highest BCUT2D eigenvalue weighted by Crippen LogP contribution is 2.26. The van der Waals surface area contributed by atoms with Crippen molar-refractivity contribution in [2.75, 3.05) is 0 Å². The molecular formula is C23H17BrFN3O2. The number of nitrogens with one attached hydrogen (secondary N) is 1. The fraction of sp³-hybridized carbons (Fsp3) is 0.0870. The van der Waals surface area contributed by atoms with Crippen molar-refractivity contribution >= 4 is 28.1 Å². The van der Waals surface area contributed by atoms with Gasteiger partial charge < -0.3 is 4.74 Å². The van der Waals surface area contributed by atoms with Crippen molar-refractivity contribution in [2.24, 2.45) is 5.10 Å². The molecule has 0 radical (unpaired) electrons. The van der Waals surface area contributed by atoms with Crippen LogP contribution in [0.5, 0.6) is 5.75 Å². The van der Waals surface area contributed by atoms with E-state index in [1.807, 2.05) is 37.3 Å². The van der Waals surface area contributed by atoms with Gasteiger partial charge in [0.25, 0.3) is 5.91 Å². The van der Waals surface area contributed by atoms with Gasteiger partial charge in [-0.25, -0.2) is 9.82 Å². The number of halogens is 2. The van der Waals surface area contributed by atoms with Gasteiger partial charge >= 0.3 is 0 Å². The zero-order valence-electron chi connectivity index (χ0n) is 16.0. The molecule has 1 N–H and O–H groups in total. The molecule has 0 saturated heterocycles. The Bertz CT molecular complexity index is 1140. The van der Waals surface area contributed by atoms with Crippen LogP contribution in [0.15, 0.2) is 70.2 Å². The molecule has 0 heterocycles. The number of hydrogen-bond donors (Lipinski definition) is 1. The average Bonchev–Trinajstić information content (AvgIpc) is 2.74. The number of aryl methyl sites for hydroxylation is 1. The summed E-state index contributed by atoms with van der Waals surface area (Å²) in [7, 11) is 0. The molecule has 7 heteroatoms. The van der Waals surface area contributed by atoms with Crippen LogP contribution < -0.4 is 10.2 Å². The molecule has 3 aromatic rings. The normalized spacial score (nSPS) is 10.6. The van der Waals surface area contributed by atoms with Gasteiger partial charge in [-0.05, 0) is 70.4 Å². The van der Waals surface area contributed by atoms with E-state index in [-0.39, 0.29) is 11.1 Å². The second-order valence-corrected chi connectivity index (χ2v) is 7.32. The third-order valence-electron chi connectivity index (χ3n) is 4.19. The Hall–Kier alpha value is -3.50. The first kappa shape index (κ1) is 21.2. The SMILES string of the molecule is Cc1ccc(COc2ccc(/C=N\NC(=O)c3ccc(C#N)cc3F)cc2Br)cc1. The van der Waals surface area contributed by atoms with Crippen molar-refractivity contribution in [3.8, 4) is 11.8 Å². The third-order valence-corrected chi connectivity index (χ3v) is 4.81. The summed E-state index contributed by atoms with van der Waals surface area (Å²) in [6.45, 7) is 2.48. The zero-order valence-corrected chi connectivity index (χ0v) is 17.6. The van der Waals surface area contributed by atoms with Gasteiger partial charge in [-0.3, -0.25) is 4.79 Å². The molecule has 3 rings (SSSR count).